The molecule has 6 heteroatoms. The first-order valence-corrected chi connectivity index (χ1v) is 10.2. The van der Waals surface area contributed by atoms with E-state index in [0.29, 0.717) is 37.8 Å². The molecule has 1 atom stereocenters. The van der Waals surface area contributed by atoms with E-state index in [4.69, 9.17) is 0 Å². The number of hydrogen-bond acceptors (Lipinski definition) is 3. The van der Waals surface area contributed by atoms with Crippen LogP contribution < -0.4 is 5.32 Å². The molecule has 0 bridgehead atoms. The number of amides is 1. The Labute approximate surface area is 155 Å². The van der Waals surface area contributed by atoms with Gasteiger partial charge in [0.2, 0.25) is 11.8 Å². The van der Waals surface area contributed by atoms with Crippen LogP contribution >= 0.6 is 0 Å². The molecule has 0 aromatic carbocycles. The van der Waals surface area contributed by atoms with Crippen molar-refractivity contribution >= 4 is 5.91 Å². The largest absolute Gasteiger partial charge is 0.336 e. The Morgan fingerprint density at radius 2 is 1.81 bits per heavy atom. The van der Waals surface area contributed by atoms with Crippen LogP contribution in [0.5, 0.6) is 0 Å². The number of nitriles is 1. The maximum atomic E-state index is 14.3. The molecule has 0 aromatic heterocycles. The van der Waals surface area contributed by atoms with Gasteiger partial charge in [-0.15, -0.1) is 0 Å². The van der Waals surface area contributed by atoms with E-state index in [9.17, 15) is 18.8 Å². The summed E-state index contributed by atoms with van der Waals surface area (Å²) in [6, 6.07) is 1.30. The lowest BCUT2D eigenvalue weighted by molar-refractivity contribution is -0.133. The summed E-state index contributed by atoms with van der Waals surface area (Å²) < 4.78 is 28.7. The van der Waals surface area contributed by atoms with Crippen LogP contribution in [0.25, 0.3) is 0 Å². The molecule has 1 amide bonds. The van der Waals surface area contributed by atoms with Crippen molar-refractivity contribution in [2.75, 3.05) is 13.1 Å². The second-order valence-electron chi connectivity index (χ2n) is 8.75. The first-order chi connectivity index (χ1) is 12.3. The molecule has 1 N–H and O–H groups in total. The highest BCUT2D eigenvalue weighted by molar-refractivity contribution is 5.83. The fourth-order valence-corrected chi connectivity index (χ4v) is 4.78. The highest BCUT2D eigenvalue weighted by Gasteiger charge is 2.48. The number of nitrogens with one attached hydrogen (secondary N) is 1. The number of piperidine rings is 1. The predicted molar refractivity (Wildman–Crippen MR) is 95.7 cm³/mol. The van der Waals surface area contributed by atoms with Gasteiger partial charge >= 0.3 is 0 Å². The third-order valence-electron chi connectivity index (χ3n) is 6.70. The number of carbonyl (C=O) groups excluding carboxylic acids is 1. The second kappa shape index (κ2) is 7.42. The van der Waals surface area contributed by atoms with Crippen LogP contribution in [0, 0.1) is 16.7 Å². The molecular weight excluding hydrogens is 336 g/mol. The van der Waals surface area contributed by atoms with E-state index in [-0.39, 0.29) is 12.3 Å². The molecule has 3 fully saturated rings. The molecule has 0 unspecified atom stereocenters. The summed E-state index contributed by atoms with van der Waals surface area (Å²) in [6.07, 6.45) is 8.01. The smallest absolute Gasteiger partial charge is 0.250 e. The van der Waals surface area contributed by atoms with Crippen molar-refractivity contribution in [2.24, 2.45) is 5.41 Å². The van der Waals surface area contributed by atoms with Gasteiger partial charge in [0.1, 0.15) is 5.54 Å². The van der Waals surface area contributed by atoms with E-state index in [1.54, 1.807) is 6.92 Å². The normalized spacial score (nSPS) is 25.6. The second-order valence-corrected chi connectivity index (χ2v) is 8.75. The van der Waals surface area contributed by atoms with Gasteiger partial charge in [-0.25, -0.2) is 8.78 Å². The number of rotatable bonds is 7. The van der Waals surface area contributed by atoms with Gasteiger partial charge in [0.05, 0.1) is 12.1 Å². The molecule has 0 aromatic rings. The summed E-state index contributed by atoms with van der Waals surface area (Å²) in [6.45, 7) is 3.16. The van der Waals surface area contributed by atoms with Crippen molar-refractivity contribution in [1.82, 2.24) is 10.2 Å². The van der Waals surface area contributed by atoms with E-state index >= 15 is 0 Å². The van der Waals surface area contributed by atoms with Crippen molar-refractivity contribution in [3.05, 3.63) is 0 Å². The van der Waals surface area contributed by atoms with Gasteiger partial charge in [-0.05, 0) is 57.0 Å². The summed E-state index contributed by atoms with van der Waals surface area (Å²) in [5, 5.41) is 12.0. The monoisotopic (exact) mass is 367 g/mol. The van der Waals surface area contributed by atoms with Crippen molar-refractivity contribution in [3.63, 3.8) is 0 Å². The molecule has 1 heterocycles. The first kappa shape index (κ1) is 19.5. The molecule has 1 aliphatic heterocycles. The Morgan fingerprint density at radius 1 is 1.19 bits per heavy atom. The van der Waals surface area contributed by atoms with Gasteiger partial charge in [-0.2, -0.15) is 5.26 Å². The predicted octanol–water partition coefficient (Wildman–Crippen LogP) is 4.01. The van der Waals surface area contributed by atoms with E-state index < -0.39 is 23.9 Å². The fourth-order valence-electron chi connectivity index (χ4n) is 4.78. The lowest BCUT2D eigenvalue weighted by Gasteiger charge is -2.43. The van der Waals surface area contributed by atoms with Crippen LogP contribution in [0.1, 0.15) is 77.6 Å². The number of nitrogens with zero attached hydrogens (tertiary/aromatic N) is 2. The minimum absolute atomic E-state index is 0.196. The van der Waals surface area contributed by atoms with Crippen molar-refractivity contribution in [1.29, 1.82) is 5.26 Å². The number of carbonyl (C=O) groups is 1. The van der Waals surface area contributed by atoms with Crippen LogP contribution in [0.15, 0.2) is 0 Å². The van der Waals surface area contributed by atoms with Gasteiger partial charge in [0.15, 0.2) is 0 Å². The van der Waals surface area contributed by atoms with Gasteiger partial charge < -0.3 is 5.32 Å². The molecule has 26 heavy (non-hydrogen) atoms. The summed E-state index contributed by atoms with van der Waals surface area (Å²) in [5.74, 6) is -3.23. The van der Waals surface area contributed by atoms with E-state index in [1.807, 2.05) is 4.90 Å². The molecule has 4 nitrogen and oxygen atoms in total. The zero-order valence-corrected chi connectivity index (χ0v) is 15.8. The van der Waals surface area contributed by atoms with Crippen LogP contribution in [0.4, 0.5) is 8.78 Å². The zero-order valence-electron chi connectivity index (χ0n) is 15.8. The van der Waals surface area contributed by atoms with Crippen LogP contribution in [0.2, 0.25) is 0 Å². The average Bonchev–Trinajstić information content (AvgIpc) is 3.24. The maximum absolute atomic E-state index is 14.3. The third kappa shape index (κ3) is 4.36. The molecule has 2 aliphatic carbocycles. The first-order valence-electron chi connectivity index (χ1n) is 10.2. The number of alkyl halides is 2. The molecule has 146 valence electrons. The highest BCUT2D eigenvalue weighted by atomic mass is 19.3. The van der Waals surface area contributed by atoms with Crippen molar-refractivity contribution < 1.29 is 13.6 Å². The van der Waals surface area contributed by atoms with Gasteiger partial charge in [0, 0.05) is 12.8 Å². The highest BCUT2D eigenvalue weighted by Crippen LogP contribution is 2.47. The van der Waals surface area contributed by atoms with E-state index in [0.717, 1.165) is 12.8 Å². The summed E-state index contributed by atoms with van der Waals surface area (Å²) in [4.78, 5) is 14.8. The minimum atomic E-state index is -2.84. The van der Waals surface area contributed by atoms with E-state index in [2.05, 4.69) is 11.4 Å². The minimum Gasteiger partial charge on any atom is -0.336 e. The molecular formula is C20H31F2N3O. The van der Waals surface area contributed by atoms with Crippen molar-refractivity contribution in [2.45, 2.75) is 95.1 Å². The molecule has 3 aliphatic rings. The average molecular weight is 367 g/mol. The van der Waals surface area contributed by atoms with Gasteiger partial charge in [-0.1, -0.05) is 26.2 Å². The molecule has 2 saturated carbocycles. The van der Waals surface area contributed by atoms with E-state index in [1.165, 1.54) is 25.7 Å². The summed E-state index contributed by atoms with van der Waals surface area (Å²) in [5.41, 5.74) is -0.425. The molecule has 3 rings (SSSR count). The molecule has 0 radical (unpaired) electrons. The lowest BCUT2D eigenvalue weighted by atomic mass is 9.76. The quantitative estimate of drug-likeness (QED) is 0.740. The molecule has 1 saturated heterocycles. The van der Waals surface area contributed by atoms with Gasteiger partial charge in [0.25, 0.3) is 0 Å². The maximum Gasteiger partial charge on any atom is 0.250 e. The Bertz CT molecular complexity index is 552. The topological polar surface area (TPSA) is 56.1 Å². The van der Waals surface area contributed by atoms with Gasteiger partial charge in [-0.3, -0.25) is 9.69 Å². The Morgan fingerprint density at radius 3 is 2.31 bits per heavy atom. The SMILES string of the molecule is CCCC(F)(F)C[C@@H](C(=O)NC1(C#N)CC1)N1CCC2(CCCC2)CC1. The fraction of sp³-hybridized carbons (Fsp3) is 0.900. The summed E-state index contributed by atoms with van der Waals surface area (Å²) >= 11 is 0. The third-order valence-corrected chi connectivity index (χ3v) is 6.70. The number of hydrogen-bond donors (Lipinski definition) is 1. The lowest BCUT2D eigenvalue weighted by Crippen LogP contribution is -2.55. The summed E-state index contributed by atoms with van der Waals surface area (Å²) in [7, 11) is 0. The Balaban J connectivity index is 1.68. The standard InChI is InChI=1S/C20H31F2N3O/c1-2-5-20(21,22)14-16(17(26)24-19(15-23)8-9-19)25-12-10-18(11-13-25)6-3-4-7-18/h16H,2-14H2,1H3,(H,24,26)/t16-/m0/s1. The Kier molecular flexibility index (Phi) is 5.58. The van der Waals surface area contributed by atoms with Crippen LogP contribution in [-0.2, 0) is 4.79 Å². The van der Waals surface area contributed by atoms with Crippen LogP contribution in [-0.4, -0.2) is 41.4 Å². The number of halogens is 2. The number of likely N-dealkylation sites (tertiary alicyclic amines) is 1. The molecule has 1 spiro atoms. The van der Waals surface area contributed by atoms with Crippen molar-refractivity contribution in [3.8, 4) is 6.07 Å². The van der Waals surface area contributed by atoms with Crippen LogP contribution in [0.3, 0.4) is 0 Å². The Hall–Kier alpha value is -1.22. The zero-order chi connectivity index (χ0) is 18.8.